The van der Waals surface area contributed by atoms with Crippen molar-refractivity contribution in [2.24, 2.45) is 0 Å². The lowest BCUT2D eigenvalue weighted by atomic mass is 10.00. The molecule has 1 atom stereocenters. The van der Waals surface area contributed by atoms with E-state index >= 15 is 0 Å². The number of benzene rings is 3. The van der Waals surface area contributed by atoms with Gasteiger partial charge in [0.05, 0.1) is 17.1 Å². The normalized spacial score (nSPS) is 16.8. The van der Waals surface area contributed by atoms with E-state index in [4.69, 9.17) is 4.74 Å². The molecule has 2 heterocycles. The Hall–Kier alpha value is -4.38. The van der Waals surface area contributed by atoms with E-state index in [9.17, 15) is 22.0 Å². The fourth-order valence-corrected chi connectivity index (χ4v) is 5.50. The summed E-state index contributed by atoms with van der Waals surface area (Å²) in [6.07, 6.45) is -0.849. The van der Waals surface area contributed by atoms with E-state index < -0.39 is 28.0 Å². The maximum absolute atomic E-state index is 13.8. The second-order valence-electron chi connectivity index (χ2n) is 9.64. The lowest BCUT2D eigenvalue weighted by molar-refractivity contribution is 0.0174. The first kappa shape index (κ1) is 27.2. The molecule has 1 unspecified atom stereocenters. The lowest BCUT2D eigenvalue weighted by Crippen LogP contribution is -2.31. The van der Waals surface area contributed by atoms with Crippen LogP contribution in [0.4, 0.5) is 14.7 Å². The summed E-state index contributed by atoms with van der Waals surface area (Å²) in [4.78, 5) is 21.6. The largest absolute Gasteiger partial charge is 0.467 e. The first-order valence-electron chi connectivity index (χ1n) is 12.4. The summed E-state index contributed by atoms with van der Waals surface area (Å²) in [5.74, 6) is -3.75. The zero-order valence-electron chi connectivity index (χ0n) is 21.9. The molecule has 0 saturated heterocycles. The van der Waals surface area contributed by atoms with E-state index in [1.54, 1.807) is 6.07 Å². The summed E-state index contributed by atoms with van der Waals surface area (Å²) in [6.45, 7) is 4.58. The molecule has 1 aromatic heterocycles. The summed E-state index contributed by atoms with van der Waals surface area (Å²) in [5, 5.41) is 2.75. The van der Waals surface area contributed by atoms with Crippen LogP contribution < -0.4 is 14.8 Å². The molecule has 206 valence electrons. The highest BCUT2D eigenvalue weighted by Gasteiger charge is 2.26. The number of carbonyl (C=O) groups is 1. The number of hydrogen-bond acceptors (Lipinski definition) is 6. The number of aromatic nitrogens is 2. The highest BCUT2D eigenvalue weighted by Crippen LogP contribution is 2.32. The first-order valence-corrected chi connectivity index (χ1v) is 13.9. The van der Waals surface area contributed by atoms with Gasteiger partial charge in [0.25, 0.3) is 21.9 Å². The van der Waals surface area contributed by atoms with Crippen molar-refractivity contribution in [3.8, 4) is 17.1 Å². The van der Waals surface area contributed by atoms with Crippen molar-refractivity contribution in [3.63, 3.8) is 0 Å². The fourth-order valence-electron chi connectivity index (χ4n) is 4.51. The summed E-state index contributed by atoms with van der Waals surface area (Å²) < 4.78 is 62.8. The molecule has 1 amide bonds. The summed E-state index contributed by atoms with van der Waals surface area (Å²) in [7, 11) is -4.17. The number of aryl methyl sites for hydroxylation is 2. The predicted molar refractivity (Wildman–Crippen MR) is 146 cm³/mol. The monoisotopic (exact) mass is 564 g/mol. The molecule has 11 heteroatoms. The van der Waals surface area contributed by atoms with Crippen LogP contribution in [0.2, 0.25) is 0 Å². The molecule has 5 rings (SSSR count). The third-order valence-corrected chi connectivity index (χ3v) is 7.90. The molecule has 8 nitrogen and oxygen atoms in total. The van der Waals surface area contributed by atoms with Crippen molar-refractivity contribution < 1.29 is 26.7 Å². The number of carbonyl (C=O) groups excluding carboxylic acids is 1. The fraction of sp³-hybridized carbons (Fsp3) is 0.207. The van der Waals surface area contributed by atoms with Gasteiger partial charge < -0.3 is 10.1 Å². The van der Waals surface area contributed by atoms with E-state index in [-0.39, 0.29) is 34.4 Å². The number of hydrogen-bond donors (Lipinski definition) is 2. The van der Waals surface area contributed by atoms with Gasteiger partial charge in [-0.3, -0.25) is 4.79 Å². The van der Waals surface area contributed by atoms with Gasteiger partial charge in [0.15, 0.2) is 0 Å². The van der Waals surface area contributed by atoms with Gasteiger partial charge in [-0.25, -0.2) is 26.9 Å². The highest BCUT2D eigenvalue weighted by atomic mass is 32.2. The molecule has 2 N–H and O–H groups in total. The molecule has 1 aliphatic heterocycles. The van der Waals surface area contributed by atoms with Crippen LogP contribution in [-0.4, -0.2) is 30.8 Å². The molecular formula is C29H26F2N4O4S. The minimum absolute atomic E-state index is 0.0282. The second-order valence-corrected chi connectivity index (χ2v) is 11.3. The van der Waals surface area contributed by atoms with Crippen LogP contribution in [-0.2, 0) is 15.9 Å². The molecule has 0 aliphatic carbocycles. The van der Waals surface area contributed by atoms with Crippen molar-refractivity contribution in [1.29, 1.82) is 0 Å². The molecule has 4 bridgehead atoms. The first-order chi connectivity index (χ1) is 18.9. The van der Waals surface area contributed by atoms with Gasteiger partial charge in [0.2, 0.25) is 11.8 Å². The molecule has 0 radical (unpaired) electrons. The summed E-state index contributed by atoms with van der Waals surface area (Å²) in [6, 6.07) is 18.4. The number of amides is 1. The number of alkyl halides is 2. The van der Waals surface area contributed by atoms with Crippen molar-refractivity contribution in [2.45, 2.75) is 37.7 Å². The zero-order chi connectivity index (χ0) is 28.7. The highest BCUT2D eigenvalue weighted by molar-refractivity contribution is 7.92. The summed E-state index contributed by atoms with van der Waals surface area (Å²) in [5.41, 5.74) is 3.47. The van der Waals surface area contributed by atoms with Gasteiger partial charge in [-0.2, -0.15) is 4.98 Å². The van der Waals surface area contributed by atoms with E-state index in [0.29, 0.717) is 11.3 Å². The number of anilines is 1. The van der Waals surface area contributed by atoms with Crippen molar-refractivity contribution in [2.75, 3.05) is 11.3 Å². The Kier molecular flexibility index (Phi) is 7.01. The van der Waals surface area contributed by atoms with Crippen molar-refractivity contribution in [1.82, 2.24) is 15.3 Å². The van der Waals surface area contributed by atoms with E-state index in [2.05, 4.69) is 20.0 Å². The lowest BCUT2D eigenvalue weighted by Gasteiger charge is -2.21. The third kappa shape index (κ3) is 5.64. The van der Waals surface area contributed by atoms with Crippen molar-refractivity contribution in [3.05, 3.63) is 101 Å². The number of rotatable bonds is 3. The molecule has 0 saturated carbocycles. The van der Waals surface area contributed by atoms with Crippen LogP contribution in [0.3, 0.4) is 0 Å². The number of sulfonamides is 1. The Morgan fingerprint density at radius 3 is 2.30 bits per heavy atom. The van der Waals surface area contributed by atoms with Gasteiger partial charge >= 0.3 is 0 Å². The third-order valence-electron chi connectivity index (χ3n) is 6.57. The van der Waals surface area contributed by atoms with Gasteiger partial charge in [0, 0.05) is 29.7 Å². The van der Waals surface area contributed by atoms with Crippen LogP contribution in [0.15, 0.2) is 77.7 Å². The number of ether oxygens (including phenoxy) is 1. The molecule has 0 spiro atoms. The predicted octanol–water partition coefficient (Wildman–Crippen LogP) is 5.54. The Morgan fingerprint density at radius 2 is 1.62 bits per heavy atom. The quantitative estimate of drug-likeness (QED) is 0.338. The Morgan fingerprint density at radius 1 is 0.950 bits per heavy atom. The van der Waals surface area contributed by atoms with Crippen LogP contribution in [0.1, 0.15) is 45.6 Å². The smallest absolute Gasteiger partial charge is 0.270 e. The topological polar surface area (TPSA) is 110 Å². The average Bonchev–Trinajstić information content (AvgIpc) is 2.90. The van der Waals surface area contributed by atoms with E-state index in [1.807, 2.05) is 32.0 Å². The van der Waals surface area contributed by atoms with Gasteiger partial charge in [-0.05, 0) is 48.7 Å². The molecule has 1 aliphatic rings. The van der Waals surface area contributed by atoms with Crippen LogP contribution in [0, 0.1) is 13.8 Å². The van der Waals surface area contributed by atoms with Crippen molar-refractivity contribution >= 4 is 21.9 Å². The number of nitrogens with zero attached hydrogens (tertiary/aromatic N) is 2. The SMILES string of the molecule is Cc1cccc(C)c1-c1cc2nc(n1)NS(=O)(=O)c1cccc(c1)C(=O)NCC(c1ccc(C(C)(F)F)cc1)O2. The van der Waals surface area contributed by atoms with Gasteiger partial charge in [-0.15, -0.1) is 0 Å². The van der Waals surface area contributed by atoms with Crippen LogP contribution >= 0.6 is 0 Å². The number of halogens is 2. The van der Waals surface area contributed by atoms with Gasteiger partial charge in [-0.1, -0.05) is 48.5 Å². The minimum atomic E-state index is -4.17. The Balaban J connectivity index is 1.66. The maximum atomic E-state index is 13.8. The number of fused-ring (bicyclic) bond motifs is 4. The Bertz CT molecular complexity index is 1680. The molecular weight excluding hydrogens is 538 g/mol. The maximum Gasteiger partial charge on any atom is 0.270 e. The standard InChI is InChI=1S/C29H26F2N4O4S/c1-17-6-4-7-18(2)26(17)23-15-25-34-28(33-23)35-40(37,38)22-9-5-8-20(14-22)27(36)32-16-24(39-25)19-10-12-21(13-11-19)29(3,30)31/h4-15,24H,16H2,1-3H3,(H,32,36)(H,33,34,35). The Labute approximate surface area is 230 Å². The zero-order valence-corrected chi connectivity index (χ0v) is 22.7. The molecule has 3 aromatic carbocycles. The average molecular weight is 565 g/mol. The summed E-state index contributed by atoms with van der Waals surface area (Å²) >= 11 is 0. The molecule has 4 aromatic rings. The van der Waals surface area contributed by atoms with E-state index in [0.717, 1.165) is 23.6 Å². The molecule has 0 fully saturated rings. The van der Waals surface area contributed by atoms with E-state index in [1.165, 1.54) is 48.5 Å². The van der Waals surface area contributed by atoms with Crippen LogP contribution in [0.25, 0.3) is 11.3 Å². The molecule has 40 heavy (non-hydrogen) atoms. The van der Waals surface area contributed by atoms with Gasteiger partial charge in [0.1, 0.15) is 6.10 Å². The second kappa shape index (κ2) is 10.3. The van der Waals surface area contributed by atoms with Crippen LogP contribution in [0.5, 0.6) is 5.88 Å². The number of nitrogens with one attached hydrogen (secondary N) is 2. The minimum Gasteiger partial charge on any atom is -0.467 e.